The first kappa shape index (κ1) is 20.6. The van der Waals surface area contributed by atoms with Crippen molar-refractivity contribution in [3.8, 4) is 22.5 Å². The zero-order chi connectivity index (χ0) is 22.1. The van der Waals surface area contributed by atoms with Gasteiger partial charge < -0.3 is 14.5 Å². The van der Waals surface area contributed by atoms with Crippen LogP contribution in [0.3, 0.4) is 0 Å². The fraction of sp³-hybridized carbons (Fsp3) is 0.0870. The van der Waals surface area contributed by atoms with Gasteiger partial charge in [-0.05, 0) is 48.0 Å². The molecule has 156 valence electrons. The van der Waals surface area contributed by atoms with Crippen molar-refractivity contribution >= 4 is 34.6 Å². The van der Waals surface area contributed by atoms with Gasteiger partial charge in [0.25, 0.3) is 5.91 Å². The van der Waals surface area contributed by atoms with E-state index in [9.17, 15) is 14.0 Å². The third-order valence-electron chi connectivity index (χ3n) is 4.79. The molecule has 4 aromatic rings. The van der Waals surface area contributed by atoms with Crippen LogP contribution in [0, 0.1) is 5.82 Å². The van der Waals surface area contributed by atoms with Crippen LogP contribution in [0.15, 0.2) is 59.0 Å². The van der Waals surface area contributed by atoms with Gasteiger partial charge in [-0.25, -0.2) is 14.2 Å². The molecule has 0 saturated carbocycles. The van der Waals surface area contributed by atoms with Crippen LogP contribution < -0.4 is 5.32 Å². The molecule has 31 heavy (non-hydrogen) atoms. The van der Waals surface area contributed by atoms with Crippen LogP contribution in [0.4, 0.5) is 4.39 Å². The lowest BCUT2D eigenvalue weighted by Crippen LogP contribution is -2.18. The average Bonchev–Trinajstić information content (AvgIpc) is 3.16. The Kier molecular flexibility index (Phi) is 5.44. The minimum Gasteiger partial charge on any atom is -0.465 e. The molecule has 1 amide bonds. The summed E-state index contributed by atoms with van der Waals surface area (Å²) < 4.78 is 24.0. The number of methoxy groups -OCH3 is 1. The molecule has 0 fully saturated rings. The van der Waals surface area contributed by atoms with Crippen molar-refractivity contribution < 1.29 is 23.1 Å². The predicted molar refractivity (Wildman–Crippen MR) is 115 cm³/mol. The Morgan fingerprint density at radius 1 is 1.10 bits per heavy atom. The predicted octanol–water partition coefficient (Wildman–Crippen LogP) is 5.10. The number of ether oxygens (including phenoxy) is 1. The lowest BCUT2D eigenvalue weighted by atomic mass is 10.0. The van der Waals surface area contributed by atoms with Crippen molar-refractivity contribution in [1.82, 2.24) is 10.3 Å². The van der Waals surface area contributed by atoms with E-state index in [2.05, 4.69) is 10.3 Å². The molecule has 2 aromatic heterocycles. The number of pyridine rings is 1. The third-order valence-corrected chi connectivity index (χ3v) is 5.08. The molecule has 2 aromatic carbocycles. The van der Waals surface area contributed by atoms with Gasteiger partial charge in [-0.2, -0.15) is 0 Å². The second-order valence-electron chi connectivity index (χ2n) is 6.64. The smallest absolute Gasteiger partial charge is 0.337 e. The first-order chi connectivity index (χ1) is 14.9. The Balaban J connectivity index is 1.95. The van der Waals surface area contributed by atoms with Crippen LogP contribution >= 0.6 is 11.6 Å². The molecule has 2 heterocycles. The number of nitrogens with one attached hydrogen (secondary N) is 1. The van der Waals surface area contributed by atoms with Gasteiger partial charge in [0.15, 0.2) is 0 Å². The molecule has 6 nitrogen and oxygen atoms in total. The van der Waals surface area contributed by atoms with Crippen molar-refractivity contribution in [1.29, 1.82) is 0 Å². The number of esters is 1. The Morgan fingerprint density at radius 3 is 2.52 bits per heavy atom. The second-order valence-corrected chi connectivity index (χ2v) is 7.00. The van der Waals surface area contributed by atoms with Gasteiger partial charge in [0.1, 0.15) is 16.7 Å². The number of fused-ring (bicyclic) bond motifs is 1. The van der Waals surface area contributed by atoms with Gasteiger partial charge in [0.2, 0.25) is 5.71 Å². The molecule has 0 saturated heterocycles. The number of carbonyl (C=O) groups excluding carboxylic acids is 2. The Bertz CT molecular complexity index is 1320. The molecular weight excluding hydrogens is 423 g/mol. The van der Waals surface area contributed by atoms with Gasteiger partial charge >= 0.3 is 5.97 Å². The third kappa shape index (κ3) is 3.75. The molecule has 0 radical (unpaired) electrons. The van der Waals surface area contributed by atoms with Crippen molar-refractivity contribution in [2.45, 2.75) is 0 Å². The number of hydrogen-bond acceptors (Lipinski definition) is 5. The summed E-state index contributed by atoms with van der Waals surface area (Å²) in [6.45, 7) is 0. The maximum Gasteiger partial charge on any atom is 0.337 e. The average molecular weight is 439 g/mol. The highest BCUT2D eigenvalue weighted by molar-refractivity contribution is 6.32. The molecule has 4 rings (SSSR count). The summed E-state index contributed by atoms with van der Waals surface area (Å²) in [6, 6.07) is 14.0. The molecule has 8 heteroatoms. The van der Waals surface area contributed by atoms with Crippen LogP contribution in [0.5, 0.6) is 0 Å². The summed E-state index contributed by atoms with van der Waals surface area (Å²) in [7, 11) is 2.80. The summed E-state index contributed by atoms with van der Waals surface area (Å²) >= 11 is 6.41. The van der Waals surface area contributed by atoms with Gasteiger partial charge in [-0.1, -0.05) is 23.7 Å². The lowest BCUT2D eigenvalue weighted by Gasteiger charge is -2.07. The molecular formula is C23H16ClFN2O4. The van der Waals surface area contributed by atoms with E-state index in [1.54, 1.807) is 30.3 Å². The molecule has 0 spiro atoms. The van der Waals surface area contributed by atoms with Crippen LogP contribution in [0.1, 0.15) is 20.7 Å². The van der Waals surface area contributed by atoms with E-state index in [1.165, 1.54) is 38.4 Å². The maximum atomic E-state index is 13.4. The number of amides is 1. The lowest BCUT2D eigenvalue weighted by molar-refractivity contribution is 0.0600. The zero-order valence-corrected chi connectivity index (χ0v) is 17.3. The molecule has 1 N–H and O–H groups in total. The van der Waals surface area contributed by atoms with Gasteiger partial charge in [-0.3, -0.25) is 4.79 Å². The van der Waals surface area contributed by atoms with Gasteiger partial charge in [-0.15, -0.1) is 0 Å². The quantitative estimate of drug-likeness (QED) is 0.354. The van der Waals surface area contributed by atoms with Gasteiger partial charge in [0, 0.05) is 18.2 Å². The van der Waals surface area contributed by atoms with Crippen LogP contribution in [0.25, 0.3) is 33.6 Å². The largest absolute Gasteiger partial charge is 0.465 e. The highest BCUT2D eigenvalue weighted by Gasteiger charge is 2.24. The number of aromatic nitrogens is 1. The Morgan fingerprint density at radius 2 is 1.84 bits per heavy atom. The second kappa shape index (κ2) is 8.20. The highest BCUT2D eigenvalue weighted by Crippen LogP contribution is 2.37. The standard InChI is InChI=1S/C23H16ClFN2O4/c1-26-21(28)18-17-11-16(13-4-3-5-14(10-13)23(29)30-2)20(24)27-22(17)31-19(18)12-6-8-15(25)9-7-12/h3-11H,1-2H3,(H,26,28). The molecule has 0 aliphatic carbocycles. The summed E-state index contributed by atoms with van der Waals surface area (Å²) in [5.74, 6) is -1.04. The number of hydrogen-bond donors (Lipinski definition) is 1. The van der Waals surface area contributed by atoms with E-state index >= 15 is 0 Å². The topological polar surface area (TPSA) is 81.4 Å². The Labute approximate surface area is 181 Å². The fourth-order valence-corrected chi connectivity index (χ4v) is 3.53. The molecule has 0 aliphatic heterocycles. The molecule has 0 unspecified atom stereocenters. The maximum absolute atomic E-state index is 13.4. The Hall–Kier alpha value is -3.71. The fourth-order valence-electron chi connectivity index (χ4n) is 3.29. The number of benzene rings is 2. The van der Waals surface area contributed by atoms with Gasteiger partial charge in [0.05, 0.1) is 23.6 Å². The molecule has 0 bridgehead atoms. The highest BCUT2D eigenvalue weighted by atomic mass is 35.5. The van der Waals surface area contributed by atoms with Crippen molar-refractivity contribution in [2.24, 2.45) is 0 Å². The van der Waals surface area contributed by atoms with E-state index < -0.39 is 17.7 Å². The van der Waals surface area contributed by atoms with E-state index in [1.807, 2.05) is 0 Å². The SMILES string of the molecule is CNC(=O)c1c(-c2ccc(F)cc2)oc2nc(Cl)c(-c3cccc(C(=O)OC)c3)cc12. The summed E-state index contributed by atoms with van der Waals surface area (Å²) in [5.41, 5.74) is 2.41. The van der Waals surface area contributed by atoms with Crippen molar-refractivity contribution in [2.75, 3.05) is 14.2 Å². The number of halogens is 2. The van der Waals surface area contributed by atoms with Crippen LogP contribution in [0.2, 0.25) is 5.15 Å². The molecule has 0 aliphatic rings. The first-order valence-electron chi connectivity index (χ1n) is 9.22. The monoisotopic (exact) mass is 438 g/mol. The summed E-state index contributed by atoms with van der Waals surface area (Å²) in [5, 5.41) is 3.16. The number of nitrogens with zero attached hydrogens (tertiary/aromatic N) is 1. The normalized spacial score (nSPS) is 10.8. The minimum absolute atomic E-state index is 0.136. The number of furan rings is 1. The summed E-state index contributed by atoms with van der Waals surface area (Å²) in [6.07, 6.45) is 0. The van der Waals surface area contributed by atoms with Crippen molar-refractivity contribution in [3.05, 3.63) is 76.7 Å². The van der Waals surface area contributed by atoms with E-state index in [4.69, 9.17) is 20.8 Å². The zero-order valence-electron chi connectivity index (χ0n) is 16.5. The minimum atomic E-state index is -0.486. The number of rotatable bonds is 4. The summed E-state index contributed by atoms with van der Waals surface area (Å²) in [4.78, 5) is 28.9. The van der Waals surface area contributed by atoms with E-state index in [-0.39, 0.29) is 22.2 Å². The van der Waals surface area contributed by atoms with E-state index in [0.717, 1.165) is 0 Å². The van der Waals surface area contributed by atoms with Crippen LogP contribution in [-0.4, -0.2) is 31.0 Å². The van der Waals surface area contributed by atoms with E-state index in [0.29, 0.717) is 27.6 Å². The van der Waals surface area contributed by atoms with Crippen LogP contribution in [-0.2, 0) is 4.74 Å². The molecule has 0 atom stereocenters. The first-order valence-corrected chi connectivity index (χ1v) is 9.60. The van der Waals surface area contributed by atoms with Crippen molar-refractivity contribution in [3.63, 3.8) is 0 Å². The number of carbonyl (C=O) groups is 2.